The van der Waals surface area contributed by atoms with Crippen LogP contribution in [0.3, 0.4) is 0 Å². The summed E-state index contributed by atoms with van der Waals surface area (Å²) in [6.45, 7) is 1.70. The fraction of sp³-hybridized carbons (Fsp3) is 0.0455. The number of amides is 1. The third-order valence-corrected chi connectivity index (χ3v) is 6.53. The van der Waals surface area contributed by atoms with Gasteiger partial charge in [-0.15, -0.1) is 0 Å². The number of rotatable bonds is 5. The van der Waals surface area contributed by atoms with Gasteiger partial charge < -0.3 is 5.32 Å². The fourth-order valence-electron chi connectivity index (χ4n) is 3.23. The summed E-state index contributed by atoms with van der Waals surface area (Å²) >= 11 is 0. The standard InChI is InChI=1S/C22H17N3O4S/c1-15-6-2-5-9-20(15)30(28,29)25-14-18(17-7-3-4-8-19(17)25)21(26)22(27)24-16-10-12-23-13-11-16/h2-14H,1H3,(H,23,24,27). The van der Waals surface area contributed by atoms with Gasteiger partial charge in [0.25, 0.3) is 21.7 Å². The molecule has 0 spiro atoms. The summed E-state index contributed by atoms with van der Waals surface area (Å²) in [5, 5.41) is 2.89. The van der Waals surface area contributed by atoms with Crippen LogP contribution in [0.1, 0.15) is 15.9 Å². The second-order valence-corrected chi connectivity index (χ2v) is 8.43. The molecule has 1 amide bonds. The van der Waals surface area contributed by atoms with E-state index in [1.54, 1.807) is 61.5 Å². The van der Waals surface area contributed by atoms with Gasteiger partial charge in [-0.3, -0.25) is 14.6 Å². The van der Waals surface area contributed by atoms with Crippen molar-refractivity contribution in [3.05, 3.63) is 90.4 Å². The third-order valence-electron chi connectivity index (χ3n) is 4.70. The number of fused-ring (bicyclic) bond motifs is 1. The summed E-state index contributed by atoms with van der Waals surface area (Å²) in [5.41, 5.74) is 1.33. The minimum atomic E-state index is -3.97. The molecule has 0 atom stereocenters. The molecule has 4 aromatic rings. The van der Waals surface area contributed by atoms with Crippen LogP contribution in [0, 0.1) is 6.92 Å². The van der Waals surface area contributed by atoms with Crippen molar-refractivity contribution in [3.8, 4) is 0 Å². The van der Waals surface area contributed by atoms with Crippen LogP contribution in [0.2, 0.25) is 0 Å². The Balaban J connectivity index is 1.81. The maximum Gasteiger partial charge on any atom is 0.296 e. The number of hydrogen-bond acceptors (Lipinski definition) is 5. The lowest BCUT2D eigenvalue weighted by Crippen LogP contribution is -2.22. The monoisotopic (exact) mass is 419 g/mol. The number of aryl methyl sites for hydroxylation is 1. The molecule has 0 saturated heterocycles. The van der Waals surface area contributed by atoms with Crippen LogP contribution in [0.25, 0.3) is 10.9 Å². The molecule has 2 aromatic heterocycles. The molecule has 0 fully saturated rings. The van der Waals surface area contributed by atoms with Crippen molar-refractivity contribution >= 4 is 38.3 Å². The van der Waals surface area contributed by atoms with E-state index in [1.165, 1.54) is 24.7 Å². The number of benzene rings is 2. The van der Waals surface area contributed by atoms with Gasteiger partial charge in [0.2, 0.25) is 0 Å². The molecule has 0 bridgehead atoms. The zero-order valence-corrected chi connectivity index (χ0v) is 16.8. The van der Waals surface area contributed by atoms with E-state index < -0.39 is 21.7 Å². The maximum atomic E-state index is 13.3. The number of hydrogen-bond donors (Lipinski definition) is 1. The first-order valence-corrected chi connectivity index (χ1v) is 10.5. The van der Waals surface area contributed by atoms with E-state index in [-0.39, 0.29) is 10.5 Å². The number of Topliss-reactive ketones (excluding diaryl/α,β-unsaturated/α-hetero) is 1. The first-order valence-electron chi connectivity index (χ1n) is 9.06. The highest BCUT2D eigenvalue weighted by molar-refractivity contribution is 7.90. The summed E-state index contributed by atoms with van der Waals surface area (Å²) < 4.78 is 27.7. The van der Waals surface area contributed by atoms with Gasteiger partial charge in [-0.25, -0.2) is 12.4 Å². The second-order valence-electron chi connectivity index (χ2n) is 6.65. The maximum absolute atomic E-state index is 13.3. The first kappa shape index (κ1) is 19.5. The minimum absolute atomic E-state index is 0.00863. The first-order chi connectivity index (χ1) is 14.4. The number of nitrogens with zero attached hydrogens (tertiary/aromatic N) is 2. The number of carbonyl (C=O) groups excluding carboxylic acids is 2. The smallest absolute Gasteiger partial charge is 0.296 e. The minimum Gasteiger partial charge on any atom is -0.319 e. The van der Waals surface area contributed by atoms with E-state index in [9.17, 15) is 18.0 Å². The van der Waals surface area contributed by atoms with Crippen LogP contribution < -0.4 is 5.32 Å². The third kappa shape index (κ3) is 3.37. The van der Waals surface area contributed by atoms with Gasteiger partial charge in [0, 0.05) is 29.7 Å². The second kappa shape index (κ2) is 7.57. The number of aromatic nitrogens is 2. The van der Waals surface area contributed by atoms with Crippen LogP contribution in [0.15, 0.2) is 84.1 Å². The molecule has 2 aromatic carbocycles. The quantitative estimate of drug-likeness (QED) is 0.395. The zero-order chi connectivity index (χ0) is 21.3. The van der Waals surface area contributed by atoms with E-state index >= 15 is 0 Å². The summed E-state index contributed by atoms with van der Waals surface area (Å²) in [6.07, 6.45) is 4.18. The Morgan fingerprint density at radius 1 is 0.933 bits per heavy atom. The molecular weight excluding hydrogens is 402 g/mol. The lowest BCUT2D eigenvalue weighted by molar-refractivity contribution is -0.112. The Hall–Kier alpha value is -3.78. The van der Waals surface area contributed by atoms with Crippen LogP contribution >= 0.6 is 0 Å². The number of ketones is 1. The van der Waals surface area contributed by atoms with Crippen molar-refractivity contribution in [2.45, 2.75) is 11.8 Å². The number of pyridine rings is 1. The van der Waals surface area contributed by atoms with Gasteiger partial charge in [-0.05, 0) is 36.8 Å². The van der Waals surface area contributed by atoms with Gasteiger partial charge in [0.1, 0.15) is 0 Å². The fourth-order valence-corrected chi connectivity index (χ4v) is 4.83. The molecule has 0 aliphatic heterocycles. The molecule has 30 heavy (non-hydrogen) atoms. The van der Waals surface area contributed by atoms with Crippen molar-refractivity contribution in [1.29, 1.82) is 0 Å². The molecule has 2 heterocycles. The molecule has 0 unspecified atom stereocenters. The average molecular weight is 419 g/mol. The summed E-state index contributed by atoms with van der Waals surface area (Å²) in [4.78, 5) is 29.4. The predicted octanol–water partition coefficient (Wildman–Crippen LogP) is 3.40. The highest BCUT2D eigenvalue weighted by Crippen LogP contribution is 2.27. The van der Waals surface area contributed by atoms with E-state index in [2.05, 4.69) is 10.3 Å². The van der Waals surface area contributed by atoms with Gasteiger partial charge in [-0.2, -0.15) is 0 Å². The summed E-state index contributed by atoms with van der Waals surface area (Å²) in [7, 11) is -3.97. The molecular formula is C22H17N3O4S. The molecule has 0 aliphatic rings. The SMILES string of the molecule is Cc1ccccc1S(=O)(=O)n1cc(C(=O)C(=O)Nc2ccncc2)c2ccccc21. The van der Waals surface area contributed by atoms with E-state index in [4.69, 9.17) is 0 Å². The Morgan fingerprint density at radius 2 is 1.60 bits per heavy atom. The molecule has 0 saturated carbocycles. The molecule has 1 N–H and O–H groups in total. The van der Waals surface area contributed by atoms with Crippen molar-refractivity contribution in [3.63, 3.8) is 0 Å². The Bertz CT molecular complexity index is 1380. The number of nitrogens with one attached hydrogen (secondary N) is 1. The number of para-hydroxylation sites is 1. The molecule has 0 aliphatic carbocycles. The molecule has 7 nitrogen and oxygen atoms in total. The largest absolute Gasteiger partial charge is 0.319 e. The van der Waals surface area contributed by atoms with Crippen LogP contribution in [-0.4, -0.2) is 29.1 Å². The summed E-state index contributed by atoms with van der Waals surface area (Å²) in [5.74, 6) is -1.70. The number of carbonyl (C=O) groups is 2. The van der Waals surface area contributed by atoms with Crippen molar-refractivity contribution in [2.75, 3.05) is 5.32 Å². The van der Waals surface area contributed by atoms with E-state index in [0.717, 1.165) is 3.97 Å². The van der Waals surface area contributed by atoms with Gasteiger partial charge in [0.05, 0.1) is 16.0 Å². The Morgan fingerprint density at radius 3 is 2.33 bits per heavy atom. The van der Waals surface area contributed by atoms with Crippen LogP contribution in [-0.2, 0) is 14.8 Å². The lowest BCUT2D eigenvalue weighted by atomic mass is 10.1. The highest BCUT2D eigenvalue weighted by Gasteiger charge is 2.27. The predicted molar refractivity (Wildman–Crippen MR) is 113 cm³/mol. The highest BCUT2D eigenvalue weighted by atomic mass is 32.2. The van der Waals surface area contributed by atoms with Gasteiger partial charge >= 0.3 is 0 Å². The van der Waals surface area contributed by atoms with Gasteiger partial charge in [-0.1, -0.05) is 36.4 Å². The van der Waals surface area contributed by atoms with Crippen molar-refractivity contribution < 1.29 is 18.0 Å². The molecule has 150 valence electrons. The van der Waals surface area contributed by atoms with Crippen LogP contribution in [0.5, 0.6) is 0 Å². The normalized spacial score (nSPS) is 11.4. The van der Waals surface area contributed by atoms with Crippen LogP contribution in [0.4, 0.5) is 5.69 Å². The zero-order valence-electron chi connectivity index (χ0n) is 15.9. The average Bonchev–Trinajstić information content (AvgIpc) is 3.14. The summed E-state index contributed by atoms with van der Waals surface area (Å²) in [6, 6.07) is 16.3. The lowest BCUT2D eigenvalue weighted by Gasteiger charge is -2.09. The van der Waals surface area contributed by atoms with Gasteiger partial charge in [0.15, 0.2) is 0 Å². The van der Waals surface area contributed by atoms with Crippen molar-refractivity contribution in [1.82, 2.24) is 8.96 Å². The molecule has 0 radical (unpaired) electrons. The Kier molecular flexibility index (Phi) is 4.93. The topological polar surface area (TPSA) is 98.1 Å². The Labute approximate surface area is 173 Å². The molecule has 4 rings (SSSR count). The number of anilines is 1. The van der Waals surface area contributed by atoms with Crippen molar-refractivity contribution in [2.24, 2.45) is 0 Å². The van der Waals surface area contributed by atoms with E-state index in [0.29, 0.717) is 22.2 Å². The molecule has 8 heteroatoms. The van der Waals surface area contributed by atoms with E-state index in [1.807, 2.05) is 0 Å².